The van der Waals surface area contributed by atoms with Crippen LogP contribution in [0.1, 0.15) is 26.0 Å². The van der Waals surface area contributed by atoms with Crippen molar-refractivity contribution in [1.29, 1.82) is 5.26 Å². The molecule has 96 valence electrons. The average molecular weight is 248 g/mol. The van der Waals surface area contributed by atoms with E-state index in [-0.39, 0.29) is 11.7 Å². The Balaban J connectivity index is 3.03. The molecule has 0 fully saturated rings. The zero-order valence-electron chi connectivity index (χ0n) is 10.8. The van der Waals surface area contributed by atoms with Gasteiger partial charge in [0, 0.05) is 18.7 Å². The van der Waals surface area contributed by atoms with Gasteiger partial charge in [0.2, 0.25) is 0 Å². The molecule has 0 bridgehead atoms. The van der Waals surface area contributed by atoms with E-state index in [1.807, 2.05) is 18.7 Å². The highest BCUT2D eigenvalue weighted by Crippen LogP contribution is 2.21. The second-order valence-electron chi connectivity index (χ2n) is 4.23. The summed E-state index contributed by atoms with van der Waals surface area (Å²) in [4.78, 5) is 16.5. The van der Waals surface area contributed by atoms with Crippen molar-refractivity contribution in [3.63, 3.8) is 0 Å². The van der Waals surface area contributed by atoms with E-state index in [0.29, 0.717) is 24.5 Å². The summed E-state index contributed by atoms with van der Waals surface area (Å²) in [5.41, 5.74) is 0.405. The summed E-state index contributed by atoms with van der Waals surface area (Å²) in [5.74, 6) is 0.670. The summed E-state index contributed by atoms with van der Waals surface area (Å²) >= 11 is 0. The van der Waals surface area contributed by atoms with E-state index in [1.165, 1.54) is 6.07 Å². The summed E-state index contributed by atoms with van der Waals surface area (Å²) in [6.45, 7) is 6.18. The van der Waals surface area contributed by atoms with E-state index in [4.69, 9.17) is 5.26 Å². The molecule has 0 saturated heterocycles. The maximum atomic E-state index is 10.7. The predicted octanol–water partition coefficient (Wildman–Crippen LogP) is 2.43. The molecule has 6 nitrogen and oxygen atoms in total. The van der Waals surface area contributed by atoms with Gasteiger partial charge in [-0.05, 0) is 26.8 Å². The molecule has 0 spiro atoms. The Morgan fingerprint density at radius 2 is 2.22 bits per heavy atom. The van der Waals surface area contributed by atoms with Gasteiger partial charge in [0.05, 0.1) is 17.4 Å². The van der Waals surface area contributed by atoms with Crippen LogP contribution in [0.3, 0.4) is 0 Å². The monoisotopic (exact) mass is 248 g/mol. The molecule has 0 N–H and O–H groups in total. The molecule has 0 aliphatic rings. The van der Waals surface area contributed by atoms with E-state index in [0.717, 1.165) is 0 Å². The van der Waals surface area contributed by atoms with Crippen LogP contribution in [0.2, 0.25) is 0 Å². The summed E-state index contributed by atoms with van der Waals surface area (Å²) < 4.78 is 0. The number of pyridine rings is 1. The van der Waals surface area contributed by atoms with E-state index < -0.39 is 4.92 Å². The molecule has 0 saturated carbocycles. The smallest absolute Gasteiger partial charge is 0.290 e. The van der Waals surface area contributed by atoms with Gasteiger partial charge in [-0.2, -0.15) is 5.26 Å². The lowest BCUT2D eigenvalue weighted by atomic mass is 10.2. The summed E-state index contributed by atoms with van der Waals surface area (Å²) in [6, 6.07) is 5.36. The molecule has 1 rings (SSSR count). The van der Waals surface area contributed by atoms with Crippen LogP contribution >= 0.6 is 0 Å². The molecule has 0 radical (unpaired) electrons. The van der Waals surface area contributed by atoms with Gasteiger partial charge >= 0.3 is 0 Å². The second-order valence-corrected chi connectivity index (χ2v) is 4.23. The summed E-state index contributed by atoms with van der Waals surface area (Å²) in [7, 11) is 0. The first-order chi connectivity index (χ1) is 8.47. The predicted molar refractivity (Wildman–Crippen MR) is 68.3 cm³/mol. The quantitative estimate of drug-likeness (QED) is 0.590. The molecule has 0 atom stereocenters. The zero-order chi connectivity index (χ0) is 13.7. The topological polar surface area (TPSA) is 83.1 Å². The van der Waals surface area contributed by atoms with Crippen molar-refractivity contribution >= 4 is 11.5 Å². The maximum absolute atomic E-state index is 10.7. The minimum Gasteiger partial charge on any atom is -0.353 e. The lowest BCUT2D eigenvalue weighted by Crippen LogP contribution is -2.32. The Morgan fingerprint density at radius 3 is 2.67 bits per heavy atom. The number of hydrogen-bond donors (Lipinski definition) is 0. The minimum atomic E-state index is -0.443. The van der Waals surface area contributed by atoms with Crippen LogP contribution in [0.4, 0.5) is 11.5 Å². The molecule has 0 aliphatic heterocycles. The van der Waals surface area contributed by atoms with Crippen LogP contribution in [0.5, 0.6) is 0 Å². The van der Waals surface area contributed by atoms with E-state index in [9.17, 15) is 10.1 Å². The van der Waals surface area contributed by atoms with Crippen molar-refractivity contribution in [3.8, 4) is 6.07 Å². The van der Waals surface area contributed by atoms with E-state index in [2.05, 4.69) is 11.1 Å². The van der Waals surface area contributed by atoms with Crippen LogP contribution in [0.25, 0.3) is 0 Å². The van der Waals surface area contributed by atoms with Gasteiger partial charge in [-0.25, -0.2) is 4.98 Å². The summed E-state index contributed by atoms with van der Waals surface area (Å²) in [6.07, 6.45) is 0.399. The maximum Gasteiger partial charge on any atom is 0.290 e. The van der Waals surface area contributed by atoms with Gasteiger partial charge in [0.15, 0.2) is 0 Å². The molecular weight excluding hydrogens is 232 g/mol. The highest BCUT2D eigenvalue weighted by molar-refractivity contribution is 5.47. The SMILES string of the molecule is Cc1nc(N(CCC#N)C(C)C)ccc1[N+](=O)[O-]. The second kappa shape index (κ2) is 5.96. The number of hydrogen-bond acceptors (Lipinski definition) is 5. The third-order valence-electron chi connectivity index (χ3n) is 2.62. The number of nitro groups is 1. The molecule has 6 heteroatoms. The van der Waals surface area contributed by atoms with Gasteiger partial charge in [-0.3, -0.25) is 10.1 Å². The molecule has 0 aliphatic carbocycles. The molecule has 1 aromatic rings. The summed E-state index contributed by atoms with van der Waals surface area (Å²) in [5, 5.41) is 19.3. The van der Waals surface area contributed by atoms with Crippen molar-refractivity contribution in [3.05, 3.63) is 27.9 Å². The number of nitriles is 1. The third kappa shape index (κ3) is 3.17. The standard InChI is InChI=1S/C12H16N4O2/c1-9(2)15(8-4-7-13)12-6-5-11(16(17)18)10(3)14-12/h5-6,9H,4,8H2,1-3H3. The number of aromatic nitrogens is 1. The first-order valence-corrected chi connectivity index (χ1v) is 5.73. The molecular formula is C12H16N4O2. The number of anilines is 1. The molecule has 18 heavy (non-hydrogen) atoms. The van der Waals surface area contributed by atoms with Crippen LogP contribution in [-0.2, 0) is 0 Å². The Morgan fingerprint density at radius 1 is 1.56 bits per heavy atom. The Hall–Kier alpha value is -2.16. The van der Waals surface area contributed by atoms with Gasteiger partial charge in [0.25, 0.3) is 5.69 Å². The lowest BCUT2D eigenvalue weighted by Gasteiger charge is -2.27. The van der Waals surface area contributed by atoms with Crippen molar-refractivity contribution in [2.75, 3.05) is 11.4 Å². The number of nitrogens with zero attached hydrogens (tertiary/aromatic N) is 4. The van der Waals surface area contributed by atoms with Crippen molar-refractivity contribution < 1.29 is 4.92 Å². The van der Waals surface area contributed by atoms with Gasteiger partial charge in [-0.15, -0.1) is 0 Å². The van der Waals surface area contributed by atoms with Crippen molar-refractivity contribution in [2.24, 2.45) is 0 Å². The molecule has 0 aromatic carbocycles. The molecule has 1 aromatic heterocycles. The van der Waals surface area contributed by atoms with E-state index in [1.54, 1.807) is 13.0 Å². The van der Waals surface area contributed by atoms with Crippen molar-refractivity contribution in [1.82, 2.24) is 4.98 Å². The fourth-order valence-corrected chi connectivity index (χ4v) is 1.70. The normalized spacial score (nSPS) is 10.2. The highest BCUT2D eigenvalue weighted by atomic mass is 16.6. The fourth-order valence-electron chi connectivity index (χ4n) is 1.70. The Bertz CT molecular complexity index is 479. The molecule has 1 heterocycles. The largest absolute Gasteiger partial charge is 0.353 e. The Labute approximate surface area is 106 Å². The van der Waals surface area contributed by atoms with Gasteiger partial charge in [-0.1, -0.05) is 0 Å². The molecule has 0 amide bonds. The van der Waals surface area contributed by atoms with Crippen molar-refractivity contribution in [2.45, 2.75) is 33.2 Å². The van der Waals surface area contributed by atoms with E-state index >= 15 is 0 Å². The first-order valence-electron chi connectivity index (χ1n) is 5.73. The Kier molecular flexibility index (Phi) is 4.60. The third-order valence-corrected chi connectivity index (χ3v) is 2.62. The first kappa shape index (κ1) is 13.9. The number of aryl methyl sites for hydroxylation is 1. The van der Waals surface area contributed by atoms with Crippen LogP contribution in [0.15, 0.2) is 12.1 Å². The van der Waals surface area contributed by atoms with Crippen LogP contribution < -0.4 is 4.90 Å². The zero-order valence-corrected chi connectivity index (χ0v) is 10.8. The van der Waals surface area contributed by atoms with Crippen LogP contribution in [-0.4, -0.2) is 22.5 Å². The number of rotatable bonds is 5. The highest BCUT2D eigenvalue weighted by Gasteiger charge is 2.16. The average Bonchev–Trinajstić information content (AvgIpc) is 2.28. The molecule has 0 unspecified atom stereocenters. The van der Waals surface area contributed by atoms with Gasteiger partial charge < -0.3 is 4.90 Å². The van der Waals surface area contributed by atoms with Crippen LogP contribution in [0, 0.1) is 28.4 Å². The van der Waals surface area contributed by atoms with Gasteiger partial charge in [0.1, 0.15) is 11.5 Å². The lowest BCUT2D eigenvalue weighted by molar-refractivity contribution is -0.385. The minimum absolute atomic E-state index is 0.0164. The fraction of sp³-hybridized carbons (Fsp3) is 0.500.